The topological polar surface area (TPSA) is 79.3 Å². The van der Waals surface area contributed by atoms with Crippen LogP contribution in [-0.4, -0.2) is 46.4 Å². The van der Waals surface area contributed by atoms with Gasteiger partial charge in [0.2, 0.25) is 0 Å². The summed E-state index contributed by atoms with van der Waals surface area (Å²) < 4.78 is 2.03. The maximum atomic E-state index is 12.6. The Kier molecular flexibility index (Phi) is 11.9. The molecule has 3 aromatic rings. The van der Waals surface area contributed by atoms with Crippen LogP contribution in [0.15, 0.2) is 80.9 Å². The minimum Gasteiger partial charge on any atom is -0.355 e. The van der Waals surface area contributed by atoms with Crippen molar-refractivity contribution in [3.05, 3.63) is 92.9 Å². The van der Waals surface area contributed by atoms with Crippen molar-refractivity contribution in [2.45, 2.75) is 11.5 Å². The van der Waals surface area contributed by atoms with Gasteiger partial charge in [-0.3, -0.25) is 25.1 Å². The third-order valence-corrected chi connectivity index (χ3v) is 7.82. The molecule has 0 fully saturated rings. The highest BCUT2D eigenvalue weighted by atomic mass is 79.9. The number of carbonyl (C=O) groups is 1. The van der Waals surface area contributed by atoms with Gasteiger partial charge in [-0.15, -0.1) is 0 Å². The summed E-state index contributed by atoms with van der Waals surface area (Å²) in [5.41, 5.74) is 2.64. The van der Waals surface area contributed by atoms with E-state index in [1.165, 1.54) is 0 Å². The molecule has 0 aliphatic rings. The van der Waals surface area contributed by atoms with Gasteiger partial charge in [-0.05, 0) is 68.3 Å². The van der Waals surface area contributed by atoms with Gasteiger partial charge in [-0.25, -0.2) is 0 Å². The Morgan fingerprint density at radius 3 is 2.09 bits per heavy atom. The average molecular weight is 623 g/mol. The van der Waals surface area contributed by atoms with Crippen molar-refractivity contribution >= 4 is 67.3 Å². The smallest absolute Gasteiger partial charge is 0.257 e. The first-order valence-electron chi connectivity index (χ1n) is 10.6. The molecule has 2 heterocycles. The van der Waals surface area contributed by atoms with Gasteiger partial charge >= 0.3 is 0 Å². The molecule has 178 valence electrons. The number of hydrogen-bond donors (Lipinski definition) is 2. The van der Waals surface area contributed by atoms with E-state index in [1.807, 2.05) is 42.5 Å². The third kappa shape index (κ3) is 9.40. The van der Waals surface area contributed by atoms with Gasteiger partial charge in [-0.2, -0.15) is 23.5 Å². The SMILES string of the molecule is O=C(N/C(=N\CCSCc1ncccc1Br)NCCSCc1ncccc1Br)c1ccccc1. The summed E-state index contributed by atoms with van der Waals surface area (Å²) in [4.78, 5) is 26.0. The summed E-state index contributed by atoms with van der Waals surface area (Å²) in [5.74, 6) is 3.60. The van der Waals surface area contributed by atoms with Crippen LogP contribution in [0.3, 0.4) is 0 Å². The van der Waals surface area contributed by atoms with Gasteiger partial charge in [0.1, 0.15) is 0 Å². The maximum Gasteiger partial charge on any atom is 0.257 e. The largest absolute Gasteiger partial charge is 0.355 e. The molecule has 0 bridgehead atoms. The number of nitrogens with zero attached hydrogens (tertiary/aromatic N) is 3. The second kappa shape index (κ2) is 15.2. The number of aliphatic imine (C=N–C) groups is 1. The van der Waals surface area contributed by atoms with Crippen molar-refractivity contribution in [2.75, 3.05) is 24.6 Å². The van der Waals surface area contributed by atoms with Crippen molar-refractivity contribution in [3.63, 3.8) is 0 Å². The average Bonchev–Trinajstić information content (AvgIpc) is 2.86. The van der Waals surface area contributed by atoms with Crippen LogP contribution in [0.5, 0.6) is 0 Å². The molecule has 0 aliphatic heterocycles. The van der Waals surface area contributed by atoms with Crippen LogP contribution in [0.1, 0.15) is 21.7 Å². The third-order valence-electron chi connectivity index (χ3n) is 4.46. The van der Waals surface area contributed by atoms with E-state index in [4.69, 9.17) is 0 Å². The lowest BCUT2D eigenvalue weighted by Gasteiger charge is -2.12. The Morgan fingerprint density at radius 2 is 1.47 bits per heavy atom. The van der Waals surface area contributed by atoms with Gasteiger partial charge in [0.05, 0.1) is 17.9 Å². The number of amides is 1. The quantitative estimate of drug-likeness (QED) is 0.166. The molecule has 0 spiro atoms. The monoisotopic (exact) mass is 621 g/mol. The lowest BCUT2D eigenvalue weighted by Crippen LogP contribution is -2.42. The van der Waals surface area contributed by atoms with E-state index in [2.05, 4.69) is 57.5 Å². The van der Waals surface area contributed by atoms with Gasteiger partial charge in [0.25, 0.3) is 5.91 Å². The number of carbonyl (C=O) groups excluding carboxylic acids is 1. The van der Waals surface area contributed by atoms with Crippen LogP contribution < -0.4 is 10.6 Å². The predicted octanol–water partition coefficient (Wildman–Crippen LogP) is 5.54. The van der Waals surface area contributed by atoms with Crippen LogP contribution in [0.4, 0.5) is 0 Å². The lowest BCUT2D eigenvalue weighted by molar-refractivity contribution is 0.0976. The molecule has 0 saturated carbocycles. The first-order chi connectivity index (χ1) is 16.6. The number of guanidine groups is 1. The Balaban J connectivity index is 1.48. The summed E-state index contributed by atoms with van der Waals surface area (Å²) in [7, 11) is 0. The van der Waals surface area contributed by atoms with Crippen LogP contribution >= 0.6 is 55.4 Å². The first kappa shape index (κ1) is 26.7. The molecule has 0 aliphatic carbocycles. The zero-order valence-corrected chi connectivity index (χ0v) is 23.2. The number of rotatable bonds is 11. The molecule has 0 saturated heterocycles. The number of thioether (sulfide) groups is 2. The Morgan fingerprint density at radius 1 is 0.853 bits per heavy atom. The van der Waals surface area contributed by atoms with Gasteiger partial charge < -0.3 is 5.32 Å². The second-order valence-corrected chi connectivity index (χ2v) is 10.9. The van der Waals surface area contributed by atoms with Gasteiger partial charge in [-0.1, -0.05) is 18.2 Å². The lowest BCUT2D eigenvalue weighted by atomic mass is 10.2. The van der Waals surface area contributed by atoms with E-state index in [0.717, 1.165) is 43.3 Å². The van der Waals surface area contributed by atoms with E-state index in [0.29, 0.717) is 24.6 Å². The van der Waals surface area contributed by atoms with Crippen molar-refractivity contribution in [2.24, 2.45) is 4.99 Å². The van der Waals surface area contributed by atoms with Crippen LogP contribution in [0.25, 0.3) is 0 Å². The second-order valence-electron chi connectivity index (χ2n) is 6.95. The van der Waals surface area contributed by atoms with E-state index < -0.39 is 0 Å². The number of aromatic nitrogens is 2. The standard InChI is InChI=1S/C24H25Br2N5OS2/c25-19-8-4-10-27-21(19)16-33-14-12-29-24(31-23(32)18-6-2-1-3-7-18)30-13-15-34-17-22-20(26)9-5-11-28-22/h1-11H,12-17H2,(H2,29,30,31,32). The van der Waals surface area contributed by atoms with Crippen LogP contribution in [-0.2, 0) is 11.5 Å². The minimum absolute atomic E-state index is 0.179. The fourth-order valence-electron chi connectivity index (χ4n) is 2.76. The molecular weight excluding hydrogens is 598 g/mol. The van der Waals surface area contributed by atoms with Crippen molar-refractivity contribution < 1.29 is 4.79 Å². The summed E-state index contributed by atoms with van der Waals surface area (Å²) in [6.07, 6.45) is 3.60. The van der Waals surface area contributed by atoms with Crippen LogP contribution in [0, 0.1) is 0 Å². The molecule has 2 aromatic heterocycles. The van der Waals surface area contributed by atoms with E-state index in [-0.39, 0.29) is 5.91 Å². The molecule has 1 aromatic carbocycles. The van der Waals surface area contributed by atoms with Crippen LogP contribution in [0.2, 0.25) is 0 Å². The first-order valence-corrected chi connectivity index (χ1v) is 14.5. The van der Waals surface area contributed by atoms with Crippen molar-refractivity contribution in [1.82, 2.24) is 20.6 Å². The number of hydrogen-bond acceptors (Lipinski definition) is 6. The van der Waals surface area contributed by atoms with Gasteiger partial charge in [0, 0.05) is 56.5 Å². The highest BCUT2D eigenvalue weighted by Crippen LogP contribution is 2.19. The van der Waals surface area contributed by atoms with E-state index in [1.54, 1.807) is 48.1 Å². The predicted molar refractivity (Wildman–Crippen MR) is 150 cm³/mol. The molecule has 0 unspecified atom stereocenters. The molecule has 0 atom stereocenters. The number of benzene rings is 1. The molecule has 34 heavy (non-hydrogen) atoms. The van der Waals surface area contributed by atoms with Crippen molar-refractivity contribution in [3.8, 4) is 0 Å². The van der Waals surface area contributed by atoms with E-state index in [9.17, 15) is 4.79 Å². The van der Waals surface area contributed by atoms with E-state index >= 15 is 0 Å². The fourth-order valence-corrected chi connectivity index (χ4v) is 5.52. The zero-order valence-electron chi connectivity index (χ0n) is 18.4. The Labute approximate surface area is 225 Å². The minimum atomic E-state index is -0.179. The molecule has 2 N–H and O–H groups in total. The highest BCUT2D eigenvalue weighted by molar-refractivity contribution is 9.10. The number of pyridine rings is 2. The maximum absolute atomic E-state index is 12.6. The normalized spacial score (nSPS) is 11.3. The highest BCUT2D eigenvalue weighted by Gasteiger charge is 2.09. The summed E-state index contributed by atoms with van der Waals surface area (Å²) in [5, 5.41) is 6.19. The summed E-state index contributed by atoms with van der Waals surface area (Å²) in [6, 6.07) is 17.0. The molecule has 1 amide bonds. The van der Waals surface area contributed by atoms with Gasteiger partial charge in [0.15, 0.2) is 5.96 Å². The molecule has 3 rings (SSSR count). The summed E-state index contributed by atoms with van der Waals surface area (Å²) >= 11 is 10.6. The summed E-state index contributed by atoms with van der Waals surface area (Å²) in [6.45, 7) is 1.26. The molecule has 10 heteroatoms. The van der Waals surface area contributed by atoms with Crippen molar-refractivity contribution in [1.29, 1.82) is 0 Å². The molecule has 6 nitrogen and oxygen atoms in total. The zero-order chi connectivity index (χ0) is 24.0. The molecular formula is C24H25Br2N5OS2. The Hall–Kier alpha value is -1.88. The number of halogens is 2. The molecule has 0 radical (unpaired) electrons. The Bertz CT molecular complexity index is 1090. The fraction of sp³-hybridized carbons (Fsp3) is 0.250. The number of nitrogens with one attached hydrogen (secondary N) is 2.